The maximum absolute atomic E-state index is 12.5. The van der Waals surface area contributed by atoms with Gasteiger partial charge in [-0.3, -0.25) is 4.72 Å². The minimum Gasteiger partial charge on any atom is -0.495 e. The molecule has 112 valence electrons. The molecule has 0 aliphatic heterocycles. The van der Waals surface area contributed by atoms with E-state index >= 15 is 0 Å². The molecule has 4 nitrogen and oxygen atoms in total. The zero-order valence-corrected chi connectivity index (χ0v) is 14.9. The summed E-state index contributed by atoms with van der Waals surface area (Å²) >= 11 is 2.17. The van der Waals surface area contributed by atoms with Crippen molar-refractivity contribution in [3.05, 3.63) is 51.1 Å². The fourth-order valence-corrected chi connectivity index (χ4v) is 3.52. The highest BCUT2D eigenvalue weighted by Crippen LogP contribution is 2.29. The molecule has 0 aliphatic carbocycles. The zero-order chi connectivity index (χ0) is 15.6. The first-order chi connectivity index (χ1) is 9.83. The first-order valence-electron chi connectivity index (χ1n) is 6.27. The number of anilines is 1. The van der Waals surface area contributed by atoms with Gasteiger partial charge in [-0.15, -0.1) is 0 Å². The van der Waals surface area contributed by atoms with Crippen molar-refractivity contribution < 1.29 is 13.2 Å². The molecule has 21 heavy (non-hydrogen) atoms. The molecule has 2 rings (SSSR count). The second kappa shape index (κ2) is 6.23. The van der Waals surface area contributed by atoms with Crippen LogP contribution in [0.2, 0.25) is 0 Å². The summed E-state index contributed by atoms with van der Waals surface area (Å²) in [4.78, 5) is 0.145. The van der Waals surface area contributed by atoms with Crippen LogP contribution in [0.25, 0.3) is 0 Å². The first-order valence-corrected chi connectivity index (χ1v) is 8.83. The van der Waals surface area contributed by atoms with Crippen LogP contribution in [-0.4, -0.2) is 15.5 Å². The molecular weight excluding hydrogens is 401 g/mol. The molecule has 6 heteroatoms. The van der Waals surface area contributed by atoms with E-state index in [0.29, 0.717) is 11.4 Å². The van der Waals surface area contributed by atoms with Crippen molar-refractivity contribution in [2.24, 2.45) is 0 Å². The van der Waals surface area contributed by atoms with Gasteiger partial charge in [-0.1, -0.05) is 0 Å². The molecule has 0 saturated carbocycles. The molecule has 0 spiro atoms. The summed E-state index contributed by atoms with van der Waals surface area (Å²) in [6, 6.07) is 10.5. The summed E-state index contributed by atoms with van der Waals surface area (Å²) in [5, 5.41) is 0. The van der Waals surface area contributed by atoms with Gasteiger partial charge >= 0.3 is 0 Å². The predicted molar refractivity (Wildman–Crippen MR) is 92.4 cm³/mol. The lowest BCUT2D eigenvalue weighted by molar-refractivity contribution is 0.402. The van der Waals surface area contributed by atoms with E-state index in [1.165, 1.54) is 7.11 Å². The van der Waals surface area contributed by atoms with Crippen LogP contribution in [0.5, 0.6) is 5.75 Å². The number of methoxy groups -OCH3 is 1. The fraction of sp³-hybridized carbons (Fsp3) is 0.200. The van der Waals surface area contributed by atoms with Crippen LogP contribution in [-0.2, 0) is 10.0 Å². The van der Waals surface area contributed by atoms with Crippen molar-refractivity contribution in [2.45, 2.75) is 18.7 Å². The number of hydrogen-bond donors (Lipinski definition) is 1. The van der Waals surface area contributed by atoms with Crippen LogP contribution in [0.4, 0.5) is 5.69 Å². The van der Waals surface area contributed by atoms with Crippen molar-refractivity contribution in [2.75, 3.05) is 11.8 Å². The van der Waals surface area contributed by atoms with Crippen molar-refractivity contribution in [3.63, 3.8) is 0 Å². The fourth-order valence-electron chi connectivity index (χ4n) is 1.86. The third kappa shape index (κ3) is 3.68. The molecule has 0 bridgehead atoms. The van der Waals surface area contributed by atoms with E-state index in [2.05, 4.69) is 27.3 Å². The van der Waals surface area contributed by atoms with E-state index in [0.717, 1.165) is 14.7 Å². The van der Waals surface area contributed by atoms with Crippen molar-refractivity contribution in [1.29, 1.82) is 0 Å². The summed E-state index contributed by atoms with van der Waals surface area (Å²) in [5.74, 6) is 0.344. The van der Waals surface area contributed by atoms with Gasteiger partial charge in [-0.25, -0.2) is 8.42 Å². The summed E-state index contributed by atoms with van der Waals surface area (Å²) in [7, 11) is -2.22. The van der Waals surface area contributed by atoms with Gasteiger partial charge < -0.3 is 4.74 Å². The lowest BCUT2D eigenvalue weighted by Gasteiger charge is -2.14. The lowest BCUT2D eigenvalue weighted by atomic mass is 10.1. The van der Waals surface area contributed by atoms with Crippen LogP contribution in [0.1, 0.15) is 11.1 Å². The Hall–Kier alpha value is -1.28. The lowest BCUT2D eigenvalue weighted by Crippen LogP contribution is -2.14. The van der Waals surface area contributed by atoms with E-state index in [1.807, 2.05) is 26.0 Å². The average Bonchev–Trinajstić information content (AvgIpc) is 2.43. The largest absolute Gasteiger partial charge is 0.495 e. The maximum Gasteiger partial charge on any atom is 0.265 e. The Morgan fingerprint density at radius 2 is 1.62 bits per heavy atom. The van der Waals surface area contributed by atoms with E-state index in [9.17, 15) is 8.42 Å². The molecule has 0 amide bonds. The highest BCUT2D eigenvalue weighted by atomic mass is 127. The van der Waals surface area contributed by atoms with Crippen LogP contribution in [0.3, 0.4) is 0 Å². The van der Waals surface area contributed by atoms with Crippen LogP contribution in [0, 0.1) is 17.4 Å². The Kier molecular flexibility index (Phi) is 4.77. The second-order valence-corrected chi connectivity index (χ2v) is 7.60. The molecule has 2 aromatic carbocycles. The van der Waals surface area contributed by atoms with E-state index in [4.69, 9.17) is 4.74 Å². The number of hydrogen-bond acceptors (Lipinski definition) is 3. The predicted octanol–water partition coefficient (Wildman–Crippen LogP) is 3.72. The Morgan fingerprint density at radius 3 is 2.19 bits per heavy atom. The molecule has 0 heterocycles. The molecule has 0 aromatic heterocycles. The quantitative estimate of drug-likeness (QED) is 0.772. The summed E-state index contributed by atoms with van der Waals surface area (Å²) in [5.41, 5.74) is 2.41. The molecule has 2 aromatic rings. The molecule has 0 aliphatic rings. The van der Waals surface area contributed by atoms with Crippen molar-refractivity contribution >= 4 is 38.3 Å². The third-order valence-corrected chi connectivity index (χ3v) is 5.29. The highest BCUT2D eigenvalue weighted by molar-refractivity contribution is 14.1. The minimum absolute atomic E-state index is 0.145. The Labute approximate surface area is 138 Å². The van der Waals surface area contributed by atoms with Crippen molar-refractivity contribution in [3.8, 4) is 5.75 Å². The van der Waals surface area contributed by atoms with Gasteiger partial charge in [0.2, 0.25) is 0 Å². The maximum atomic E-state index is 12.5. The minimum atomic E-state index is -3.69. The topological polar surface area (TPSA) is 55.4 Å². The molecule has 0 unspecified atom stereocenters. The number of nitrogens with one attached hydrogen (secondary N) is 1. The van der Waals surface area contributed by atoms with Crippen molar-refractivity contribution in [1.82, 2.24) is 0 Å². The summed E-state index contributed by atoms with van der Waals surface area (Å²) < 4.78 is 33.9. The number of halogens is 1. The monoisotopic (exact) mass is 417 g/mol. The number of aryl methyl sites for hydroxylation is 2. The van der Waals surface area contributed by atoms with Crippen LogP contribution in [0.15, 0.2) is 41.3 Å². The standard InChI is InChI=1S/C15H16INO3S/c1-10-8-14(20-3)15(9-11(10)2)21(18,19)17-13-6-4-12(16)5-7-13/h4-9,17H,1-3H3. The van der Waals surface area contributed by atoms with Gasteiger partial charge in [-0.2, -0.15) is 0 Å². The van der Waals surface area contributed by atoms with Gasteiger partial charge in [-0.05, 0) is 84.0 Å². The molecule has 0 saturated heterocycles. The zero-order valence-electron chi connectivity index (χ0n) is 12.0. The summed E-state index contributed by atoms with van der Waals surface area (Å²) in [6.45, 7) is 3.79. The van der Waals surface area contributed by atoms with E-state index in [1.54, 1.807) is 24.3 Å². The highest BCUT2D eigenvalue weighted by Gasteiger charge is 2.20. The van der Waals surface area contributed by atoms with Gasteiger partial charge in [0.25, 0.3) is 10.0 Å². The average molecular weight is 417 g/mol. The van der Waals surface area contributed by atoms with Crippen LogP contribution < -0.4 is 9.46 Å². The first kappa shape index (κ1) is 16.1. The molecule has 1 N–H and O–H groups in total. The van der Waals surface area contributed by atoms with Gasteiger partial charge in [0, 0.05) is 9.26 Å². The normalized spacial score (nSPS) is 11.2. The van der Waals surface area contributed by atoms with Crippen LogP contribution >= 0.6 is 22.6 Å². The number of rotatable bonds is 4. The smallest absolute Gasteiger partial charge is 0.265 e. The van der Waals surface area contributed by atoms with E-state index in [-0.39, 0.29) is 4.90 Å². The summed E-state index contributed by atoms with van der Waals surface area (Å²) in [6.07, 6.45) is 0. The number of benzene rings is 2. The Bertz CT molecular complexity index is 755. The number of ether oxygens (including phenoxy) is 1. The van der Waals surface area contributed by atoms with Gasteiger partial charge in [0.15, 0.2) is 0 Å². The molecule has 0 radical (unpaired) electrons. The van der Waals surface area contributed by atoms with Gasteiger partial charge in [0.05, 0.1) is 7.11 Å². The Balaban J connectivity index is 2.44. The number of sulfonamides is 1. The van der Waals surface area contributed by atoms with Gasteiger partial charge in [0.1, 0.15) is 10.6 Å². The second-order valence-electron chi connectivity index (χ2n) is 4.70. The Morgan fingerprint density at radius 1 is 1.05 bits per heavy atom. The molecule has 0 atom stereocenters. The van der Waals surface area contributed by atoms with E-state index < -0.39 is 10.0 Å². The SMILES string of the molecule is COc1cc(C)c(C)cc1S(=O)(=O)Nc1ccc(I)cc1. The molecular formula is C15H16INO3S. The third-order valence-electron chi connectivity index (χ3n) is 3.17. The molecule has 0 fully saturated rings.